The van der Waals surface area contributed by atoms with Crippen molar-refractivity contribution in [1.82, 2.24) is 19.9 Å². The number of hydrogen-bond acceptors (Lipinski definition) is 2. The van der Waals surface area contributed by atoms with Crippen LogP contribution >= 0.6 is 0 Å². The molecule has 2 aliphatic heterocycles. The van der Waals surface area contributed by atoms with E-state index in [2.05, 4.69) is 103 Å². The molecule has 3 atom stereocenters. The maximum Gasteiger partial charge on any atom is 0.0692 e. The molecule has 37 heavy (non-hydrogen) atoms. The second kappa shape index (κ2) is 8.05. The normalized spacial score (nSPS) is 23.3. The first-order chi connectivity index (χ1) is 17.5. The Morgan fingerprint density at radius 3 is 1.65 bits per heavy atom. The van der Waals surface area contributed by atoms with E-state index in [1.54, 1.807) is 0 Å². The van der Waals surface area contributed by atoms with Gasteiger partial charge in [-0.3, -0.25) is 4.98 Å². The van der Waals surface area contributed by atoms with E-state index in [0.29, 0.717) is 11.8 Å². The topological polar surface area (TPSA) is 57.4 Å². The van der Waals surface area contributed by atoms with Crippen LogP contribution in [-0.2, 0) is 5.41 Å². The molecule has 0 radical (unpaired) electrons. The maximum atomic E-state index is 5.35. The van der Waals surface area contributed by atoms with Crippen molar-refractivity contribution in [2.75, 3.05) is 0 Å². The maximum absolute atomic E-state index is 5.35. The summed E-state index contributed by atoms with van der Waals surface area (Å²) >= 11 is 0. The lowest BCUT2D eigenvalue weighted by atomic mass is 9.62. The third-order valence-electron chi connectivity index (χ3n) is 10.0. The highest BCUT2D eigenvalue weighted by atomic mass is 14.8. The Morgan fingerprint density at radius 2 is 1.14 bits per heavy atom. The van der Waals surface area contributed by atoms with E-state index in [0.717, 1.165) is 51.3 Å². The number of nitrogens with zero attached hydrogens (tertiary/aromatic N) is 2. The molecule has 0 aromatic carbocycles. The molecular formula is C33H38N4. The van der Waals surface area contributed by atoms with E-state index in [4.69, 9.17) is 9.97 Å². The highest BCUT2D eigenvalue weighted by Gasteiger charge is 2.46. The number of aromatic amines is 2. The minimum absolute atomic E-state index is 0.118. The summed E-state index contributed by atoms with van der Waals surface area (Å²) in [5.74, 6) is 1.10. The Balaban J connectivity index is 1.80. The highest BCUT2D eigenvalue weighted by molar-refractivity contribution is 5.92. The zero-order chi connectivity index (χ0) is 26.4. The molecule has 3 aliphatic rings. The number of H-pyrrole nitrogens is 2. The molecule has 5 heterocycles. The molecule has 3 aromatic heterocycles. The highest BCUT2D eigenvalue weighted by Crippen LogP contribution is 2.53. The smallest absolute Gasteiger partial charge is 0.0692 e. The Kier molecular flexibility index (Phi) is 5.21. The van der Waals surface area contributed by atoms with Crippen molar-refractivity contribution in [2.24, 2.45) is 11.8 Å². The molecule has 8 bridgehead atoms. The van der Waals surface area contributed by atoms with Crippen LogP contribution in [-0.4, -0.2) is 19.9 Å². The molecule has 4 heteroatoms. The van der Waals surface area contributed by atoms with Gasteiger partial charge in [0.15, 0.2) is 0 Å². The molecule has 0 fully saturated rings. The van der Waals surface area contributed by atoms with E-state index in [-0.39, 0.29) is 5.41 Å². The number of hydrogen-bond donors (Lipinski definition) is 2. The van der Waals surface area contributed by atoms with Crippen molar-refractivity contribution < 1.29 is 0 Å². The molecule has 190 valence electrons. The number of fused-ring (bicyclic) bond motifs is 11. The fourth-order valence-electron chi connectivity index (χ4n) is 6.43. The van der Waals surface area contributed by atoms with Crippen LogP contribution in [0.5, 0.6) is 0 Å². The Labute approximate surface area is 220 Å². The van der Waals surface area contributed by atoms with E-state index in [1.807, 2.05) is 0 Å². The van der Waals surface area contributed by atoms with Crippen molar-refractivity contribution in [3.05, 3.63) is 75.4 Å². The molecule has 1 aliphatic carbocycles. The minimum atomic E-state index is -0.118. The zero-order valence-electron chi connectivity index (χ0n) is 23.6. The summed E-state index contributed by atoms with van der Waals surface area (Å²) in [6, 6.07) is 9.00. The molecule has 3 unspecified atom stereocenters. The Bertz CT molecular complexity index is 1710. The van der Waals surface area contributed by atoms with Crippen molar-refractivity contribution >= 4 is 38.8 Å². The number of aromatic nitrogens is 4. The van der Waals surface area contributed by atoms with Crippen LogP contribution in [0.1, 0.15) is 86.1 Å². The monoisotopic (exact) mass is 490 g/mol. The van der Waals surface area contributed by atoms with E-state index >= 15 is 0 Å². The summed E-state index contributed by atoms with van der Waals surface area (Å²) in [4.78, 5) is 17.9. The Hall–Kier alpha value is -3.40. The second-order valence-corrected chi connectivity index (χ2v) is 11.8. The Morgan fingerprint density at radius 1 is 0.676 bits per heavy atom. The zero-order valence-corrected chi connectivity index (χ0v) is 23.6. The molecule has 0 saturated carbocycles. The number of allylic oxidation sites excluding steroid dienone is 4. The number of rotatable bonds is 0. The first kappa shape index (κ1) is 24.0. The predicted octanol–water partition coefficient (Wildman–Crippen LogP) is 8.52. The fourth-order valence-corrected chi connectivity index (χ4v) is 6.43. The van der Waals surface area contributed by atoms with Gasteiger partial charge < -0.3 is 9.97 Å². The van der Waals surface area contributed by atoms with Gasteiger partial charge in [0.25, 0.3) is 0 Å². The second-order valence-electron chi connectivity index (χ2n) is 11.8. The van der Waals surface area contributed by atoms with Gasteiger partial charge in [-0.25, -0.2) is 4.98 Å². The third-order valence-corrected chi connectivity index (χ3v) is 10.0. The van der Waals surface area contributed by atoms with Crippen LogP contribution < -0.4 is 0 Å². The summed E-state index contributed by atoms with van der Waals surface area (Å²) in [7, 11) is 0. The van der Waals surface area contributed by atoms with Gasteiger partial charge in [-0.2, -0.15) is 0 Å². The summed E-state index contributed by atoms with van der Waals surface area (Å²) < 4.78 is 0. The average molecular weight is 491 g/mol. The first-order valence-corrected chi connectivity index (χ1v) is 13.6. The van der Waals surface area contributed by atoms with Crippen molar-refractivity contribution in [2.45, 2.75) is 74.1 Å². The number of aryl methyl sites for hydroxylation is 4. The summed E-state index contributed by atoms with van der Waals surface area (Å²) in [5, 5.41) is 0. The molecule has 0 saturated heterocycles. The van der Waals surface area contributed by atoms with Gasteiger partial charge in [-0.05, 0) is 130 Å². The molecule has 2 N–H and O–H groups in total. The number of nitrogens with one attached hydrogen (secondary N) is 2. The largest absolute Gasteiger partial charge is 0.355 e. The summed E-state index contributed by atoms with van der Waals surface area (Å²) in [5.41, 5.74) is 17.6. The van der Waals surface area contributed by atoms with E-state index in [1.165, 1.54) is 39.0 Å². The lowest BCUT2D eigenvalue weighted by Gasteiger charge is -2.40. The van der Waals surface area contributed by atoms with Crippen LogP contribution in [0.25, 0.3) is 38.8 Å². The van der Waals surface area contributed by atoms with Crippen LogP contribution in [0.3, 0.4) is 0 Å². The van der Waals surface area contributed by atoms with Gasteiger partial charge in [0.2, 0.25) is 0 Å². The van der Waals surface area contributed by atoms with Crippen molar-refractivity contribution in [1.29, 1.82) is 0 Å². The van der Waals surface area contributed by atoms with Gasteiger partial charge in [-0.1, -0.05) is 19.9 Å². The predicted molar refractivity (Wildman–Crippen MR) is 156 cm³/mol. The third kappa shape index (κ3) is 3.34. The van der Waals surface area contributed by atoms with Crippen LogP contribution in [0.15, 0.2) is 30.3 Å². The van der Waals surface area contributed by atoms with Crippen molar-refractivity contribution in [3.63, 3.8) is 0 Å². The van der Waals surface area contributed by atoms with Gasteiger partial charge in [-0.15, -0.1) is 0 Å². The lowest BCUT2D eigenvalue weighted by molar-refractivity contribution is 0.274. The van der Waals surface area contributed by atoms with Crippen LogP contribution in [0.2, 0.25) is 0 Å². The van der Waals surface area contributed by atoms with E-state index in [9.17, 15) is 0 Å². The lowest BCUT2D eigenvalue weighted by Crippen LogP contribution is -2.35. The van der Waals surface area contributed by atoms with Crippen LogP contribution in [0.4, 0.5) is 0 Å². The molecule has 0 spiro atoms. The summed E-state index contributed by atoms with van der Waals surface area (Å²) in [6.45, 7) is 20.3. The molecule has 0 amide bonds. The summed E-state index contributed by atoms with van der Waals surface area (Å²) in [6.07, 6.45) is 3.54. The van der Waals surface area contributed by atoms with Gasteiger partial charge in [0, 0.05) is 27.5 Å². The van der Waals surface area contributed by atoms with Gasteiger partial charge >= 0.3 is 0 Å². The molecule has 6 rings (SSSR count). The SMILES string of the molecule is CC1=C(C)c2cc3[nH]c(cc4nc(cc5[nH]c(cc1n2)c(C)c5C)C1=CCC(C)C(C)C14C)c(C)c3C. The standard InChI is InChI=1S/C33H38N4/c1-16-10-11-24-31-14-29-20(5)19(4)27(35-29)12-25-17(2)18(3)26(34-25)13-28-21(6)22(7)30(36-28)15-32(37-31)33(24,9)23(16)8/h11-16,23,35-36H,10H2,1-9H3. The van der Waals surface area contributed by atoms with Crippen LogP contribution in [0, 0.1) is 39.5 Å². The van der Waals surface area contributed by atoms with Crippen molar-refractivity contribution in [3.8, 4) is 0 Å². The van der Waals surface area contributed by atoms with Gasteiger partial charge in [0.1, 0.15) is 0 Å². The minimum Gasteiger partial charge on any atom is -0.355 e. The molecule has 4 nitrogen and oxygen atoms in total. The molecule has 3 aromatic rings. The molecular weight excluding hydrogens is 452 g/mol. The first-order valence-electron chi connectivity index (χ1n) is 13.6. The van der Waals surface area contributed by atoms with E-state index < -0.39 is 0 Å². The fraction of sp³-hybridized carbons (Fsp3) is 0.394. The average Bonchev–Trinajstić information content (AvgIpc) is 3.48. The quantitative estimate of drug-likeness (QED) is 0.332. The van der Waals surface area contributed by atoms with Gasteiger partial charge in [0.05, 0.1) is 22.8 Å².